The van der Waals surface area contributed by atoms with Gasteiger partial charge in [0.15, 0.2) is 23.8 Å². The van der Waals surface area contributed by atoms with E-state index in [1.54, 1.807) is 17.4 Å². The second kappa shape index (κ2) is 8.79. The average molecular weight is 418 g/mol. The van der Waals surface area contributed by atoms with Crippen LogP contribution in [0.2, 0.25) is 0 Å². The third-order valence-electron chi connectivity index (χ3n) is 4.88. The van der Waals surface area contributed by atoms with Crippen molar-refractivity contribution in [1.82, 2.24) is 9.88 Å². The van der Waals surface area contributed by atoms with Crippen LogP contribution in [0.3, 0.4) is 0 Å². The number of aromatic nitrogens is 1. The molecule has 0 aliphatic carbocycles. The number of benzene rings is 1. The summed E-state index contributed by atoms with van der Waals surface area (Å²) in [6.07, 6.45) is 1.75. The van der Waals surface area contributed by atoms with E-state index in [2.05, 4.69) is 4.98 Å². The van der Waals surface area contributed by atoms with Crippen LogP contribution in [0.4, 0.5) is 0 Å². The van der Waals surface area contributed by atoms with E-state index in [-0.39, 0.29) is 24.2 Å². The van der Waals surface area contributed by atoms with Crippen LogP contribution in [0.1, 0.15) is 39.9 Å². The van der Waals surface area contributed by atoms with E-state index >= 15 is 0 Å². The summed E-state index contributed by atoms with van der Waals surface area (Å²) < 4.78 is 21.4. The molecule has 2 aliphatic rings. The summed E-state index contributed by atoms with van der Waals surface area (Å²) in [6.45, 7) is 1.71. The molecule has 29 heavy (non-hydrogen) atoms. The van der Waals surface area contributed by atoms with E-state index < -0.39 is 5.97 Å². The number of carbonyl (C=O) groups excluding carboxylic acids is 2. The standard InChI is InChI=1S/C20H22N2O6S/c1-25-10-18-21-14(12-29-18)20(24)28-11-19(23)22-6-2-3-15(22)13-4-5-16-17(9-13)27-8-7-26-16/h4-5,9,12,15H,2-3,6-8,10-11H2,1H3. The van der Waals surface area contributed by atoms with Gasteiger partial charge < -0.3 is 23.8 Å². The van der Waals surface area contributed by atoms with Crippen molar-refractivity contribution in [2.75, 3.05) is 33.5 Å². The highest BCUT2D eigenvalue weighted by Gasteiger charge is 2.31. The number of hydrogen-bond donors (Lipinski definition) is 0. The van der Waals surface area contributed by atoms with Gasteiger partial charge in [0.05, 0.1) is 12.6 Å². The third-order valence-corrected chi connectivity index (χ3v) is 5.70. The topological polar surface area (TPSA) is 87.2 Å². The summed E-state index contributed by atoms with van der Waals surface area (Å²) >= 11 is 1.32. The molecular weight excluding hydrogens is 396 g/mol. The second-order valence-corrected chi connectivity index (χ2v) is 7.73. The molecule has 2 aliphatic heterocycles. The number of rotatable bonds is 6. The molecule has 1 fully saturated rings. The quantitative estimate of drug-likeness (QED) is 0.667. The molecular formula is C20H22N2O6S. The predicted molar refractivity (Wildman–Crippen MR) is 104 cm³/mol. The summed E-state index contributed by atoms with van der Waals surface area (Å²) in [4.78, 5) is 30.8. The minimum absolute atomic E-state index is 0.0652. The van der Waals surface area contributed by atoms with Crippen LogP contribution in [-0.4, -0.2) is 55.2 Å². The van der Waals surface area contributed by atoms with Crippen LogP contribution in [0.15, 0.2) is 23.6 Å². The van der Waals surface area contributed by atoms with Crippen molar-refractivity contribution in [2.45, 2.75) is 25.5 Å². The van der Waals surface area contributed by atoms with Gasteiger partial charge in [-0.15, -0.1) is 11.3 Å². The van der Waals surface area contributed by atoms with Crippen molar-refractivity contribution in [3.8, 4) is 11.5 Å². The maximum atomic E-state index is 12.7. The lowest BCUT2D eigenvalue weighted by Gasteiger charge is -2.26. The van der Waals surface area contributed by atoms with E-state index in [1.807, 2.05) is 18.2 Å². The van der Waals surface area contributed by atoms with Crippen molar-refractivity contribution in [3.05, 3.63) is 39.8 Å². The summed E-state index contributed by atoms with van der Waals surface area (Å²) in [5.74, 6) is 0.603. The highest BCUT2D eigenvalue weighted by Crippen LogP contribution is 2.38. The molecule has 1 aromatic heterocycles. The number of amides is 1. The van der Waals surface area contributed by atoms with Crippen molar-refractivity contribution in [2.24, 2.45) is 0 Å². The number of thiazole rings is 1. The van der Waals surface area contributed by atoms with E-state index in [0.717, 1.165) is 24.2 Å². The summed E-state index contributed by atoms with van der Waals surface area (Å²) in [6, 6.07) is 5.71. The van der Waals surface area contributed by atoms with Crippen LogP contribution < -0.4 is 9.47 Å². The zero-order chi connectivity index (χ0) is 20.2. The zero-order valence-corrected chi connectivity index (χ0v) is 16.9. The molecule has 1 aromatic carbocycles. The fourth-order valence-corrected chi connectivity index (χ4v) is 4.29. The molecule has 0 N–H and O–H groups in total. The third kappa shape index (κ3) is 4.35. The fraction of sp³-hybridized carbons (Fsp3) is 0.450. The van der Waals surface area contributed by atoms with Gasteiger partial charge in [0.25, 0.3) is 5.91 Å². The van der Waals surface area contributed by atoms with E-state index in [0.29, 0.717) is 37.1 Å². The number of likely N-dealkylation sites (tertiary alicyclic amines) is 1. The minimum Gasteiger partial charge on any atom is -0.486 e. The number of carbonyl (C=O) groups is 2. The van der Waals surface area contributed by atoms with Crippen LogP contribution in [-0.2, 0) is 20.9 Å². The Morgan fingerprint density at radius 3 is 2.93 bits per heavy atom. The number of fused-ring (bicyclic) bond motifs is 1. The van der Waals surface area contributed by atoms with Gasteiger partial charge in [-0.2, -0.15) is 0 Å². The van der Waals surface area contributed by atoms with Crippen molar-refractivity contribution < 1.29 is 28.5 Å². The number of ether oxygens (including phenoxy) is 4. The molecule has 1 unspecified atom stereocenters. The highest BCUT2D eigenvalue weighted by molar-refractivity contribution is 7.09. The maximum Gasteiger partial charge on any atom is 0.358 e. The molecule has 0 radical (unpaired) electrons. The molecule has 1 atom stereocenters. The number of esters is 1. The zero-order valence-electron chi connectivity index (χ0n) is 16.1. The van der Waals surface area contributed by atoms with Crippen LogP contribution in [0.5, 0.6) is 11.5 Å². The lowest BCUT2D eigenvalue weighted by atomic mass is 10.0. The van der Waals surface area contributed by atoms with Crippen molar-refractivity contribution in [3.63, 3.8) is 0 Å². The Bertz CT molecular complexity index is 899. The molecule has 2 aromatic rings. The SMILES string of the molecule is COCc1nc(C(=O)OCC(=O)N2CCCC2c2ccc3c(c2)OCCO3)cs1. The van der Waals surface area contributed by atoms with Crippen molar-refractivity contribution >= 4 is 23.2 Å². The smallest absolute Gasteiger partial charge is 0.358 e. The first-order valence-electron chi connectivity index (χ1n) is 9.45. The predicted octanol–water partition coefficient (Wildman–Crippen LogP) is 2.58. The first-order chi connectivity index (χ1) is 14.2. The van der Waals surface area contributed by atoms with Gasteiger partial charge in [-0.05, 0) is 30.5 Å². The normalized spacial score (nSPS) is 18.0. The number of methoxy groups -OCH3 is 1. The second-order valence-electron chi connectivity index (χ2n) is 6.78. The molecule has 154 valence electrons. The Balaban J connectivity index is 1.38. The van der Waals surface area contributed by atoms with Gasteiger partial charge in [-0.25, -0.2) is 9.78 Å². The van der Waals surface area contributed by atoms with Gasteiger partial charge >= 0.3 is 5.97 Å². The number of nitrogens with zero attached hydrogens (tertiary/aromatic N) is 2. The Morgan fingerprint density at radius 2 is 2.10 bits per heavy atom. The summed E-state index contributed by atoms with van der Waals surface area (Å²) in [5.41, 5.74) is 1.19. The molecule has 1 saturated heterocycles. The van der Waals surface area contributed by atoms with Crippen molar-refractivity contribution in [1.29, 1.82) is 0 Å². The molecule has 0 bridgehead atoms. The molecule has 0 saturated carbocycles. The van der Waals surface area contributed by atoms with E-state index in [9.17, 15) is 9.59 Å². The van der Waals surface area contributed by atoms with Gasteiger partial charge in [-0.1, -0.05) is 6.07 Å². The maximum absolute atomic E-state index is 12.7. The highest BCUT2D eigenvalue weighted by atomic mass is 32.1. The monoisotopic (exact) mass is 418 g/mol. The van der Waals surface area contributed by atoms with E-state index in [1.165, 1.54) is 11.3 Å². The first-order valence-corrected chi connectivity index (χ1v) is 10.3. The van der Waals surface area contributed by atoms with Crippen LogP contribution >= 0.6 is 11.3 Å². The molecule has 4 rings (SSSR count). The average Bonchev–Trinajstić information content (AvgIpc) is 3.41. The first kappa shape index (κ1) is 19.7. The lowest BCUT2D eigenvalue weighted by Crippen LogP contribution is -2.34. The molecule has 1 amide bonds. The Labute approximate surface area is 172 Å². The lowest BCUT2D eigenvalue weighted by molar-refractivity contribution is -0.135. The molecule has 8 nitrogen and oxygen atoms in total. The number of hydrogen-bond acceptors (Lipinski definition) is 8. The Hall–Kier alpha value is -2.65. The fourth-order valence-electron chi connectivity index (χ4n) is 3.56. The largest absolute Gasteiger partial charge is 0.486 e. The Morgan fingerprint density at radius 1 is 1.28 bits per heavy atom. The van der Waals surface area contributed by atoms with E-state index in [4.69, 9.17) is 18.9 Å². The van der Waals surface area contributed by atoms with Crippen LogP contribution in [0, 0.1) is 0 Å². The molecule has 3 heterocycles. The molecule has 0 spiro atoms. The summed E-state index contributed by atoms with van der Waals surface area (Å²) in [5, 5.41) is 2.29. The molecule has 9 heteroatoms. The van der Waals surface area contributed by atoms with Gasteiger partial charge in [0.1, 0.15) is 18.2 Å². The summed E-state index contributed by atoms with van der Waals surface area (Å²) in [7, 11) is 1.56. The van der Waals surface area contributed by atoms with Gasteiger partial charge in [0.2, 0.25) is 0 Å². The van der Waals surface area contributed by atoms with Gasteiger partial charge in [0, 0.05) is 19.0 Å². The minimum atomic E-state index is -0.605. The van der Waals surface area contributed by atoms with Gasteiger partial charge in [-0.3, -0.25) is 4.79 Å². The Kier molecular flexibility index (Phi) is 5.96. The van der Waals surface area contributed by atoms with Crippen LogP contribution in [0.25, 0.3) is 0 Å².